The van der Waals surface area contributed by atoms with Gasteiger partial charge >= 0.3 is 6.03 Å². The number of piperazine rings is 1. The van der Waals surface area contributed by atoms with Gasteiger partial charge in [0, 0.05) is 38.2 Å². The van der Waals surface area contributed by atoms with Crippen LogP contribution in [0.5, 0.6) is 11.5 Å². The monoisotopic (exact) mass is 579 g/mol. The highest BCUT2D eigenvalue weighted by Crippen LogP contribution is 2.29. The van der Waals surface area contributed by atoms with Crippen LogP contribution in [0.15, 0.2) is 66.7 Å². The second kappa shape index (κ2) is 12.0. The number of benzene rings is 3. The van der Waals surface area contributed by atoms with Gasteiger partial charge in [-0.05, 0) is 41.5 Å². The van der Waals surface area contributed by atoms with E-state index in [0.29, 0.717) is 11.3 Å². The first-order chi connectivity index (χ1) is 20.1. The zero-order valence-corrected chi connectivity index (χ0v) is 23.2. The van der Waals surface area contributed by atoms with E-state index in [1.54, 1.807) is 38.4 Å². The Balaban J connectivity index is 1.44. The van der Waals surface area contributed by atoms with E-state index < -0.39 is 35.8 Å². The molecule has 12 heteroatoms. The number of hydrogen-bond donors (Lipinski definition) is 2. The molecule has 2 N–H and O–H groups in total. The maximum absolute atomic E-state index is 14.6. The van der Waals surface area contributed by atoms with Gasteiger partial charge in [0.15, 0.2) is 0 Å². The Kier molecular flexibility index (Phi) is 8.25. The lowest BCUT2D eigenvalue weighted by atomic mass is 9.98. The molecule has 10 nitrogen and oxygen atoms in total. The maximum Gasteiger partial charge on any atom is 0.334 e. The Morgan fingerprint density at radius 3 is 2.38 bits per heavy atom. The van der Waals surface area contributed by atoms with Gasteiger partial charge in [-0.3, -0.25) is 9.59 Å². The fraction of sp³-hybridized carbons (Fsp3) is 0.300. The molecule has 42 heavy (non-hydrogen) atoms. The molecule has 5 rings (SSSR count). The van der Waals surface area contributed by atoms with Crippen molar-refractivity contribution in [2.24, 2.45) is 0 Å². The van der Waals surface area contributed by atoms with E-state index in [-0.39, 0.29) is 49.8 Å². The number of urea groups is 1. The van der Waals surface area contributed by atoms with Crippen molar-refractivity contribution in [3.8, 4) is 11.5 Å². The van der Waals surface area contributed by atoms with E-state index in [9.17, 15) is 28.3 Å². The van der Waals surface area contributed by atoms with Gasteiger partial charge in [0.2, 0.25) is 11.8 Å². The van der Waals surface area contributed by atoms with Crippen LogP contribution in [0, 0.1) is 11.6 Å². The zero-order valence-electron chi connectivity index (χ0n) is 23.2. The number of phenols is 1. The Bertz CT molecular complexity index is 1470. The number of hydrazine groups is 1. The molecular weight excluding hydrogens is 548 g/mol. The minimum absolute atomic E-state index is 0.0513. The van der Waals surface area contributed by atoms with Crippen LogP contribution in [-0.4, -0.2) is 82.2 Å². The number of phenolic OH excluding ortho intramolecular Hbond substituents is 1. The molecule has 2 unspecified atom stereocenters. The Hall–Kier alpha value is -4.71. The van der Waals surface area contributed by atoms with E-state index in [4.69, 9.17) is 4.74 Å². The minimum atomic E-state index is -1.00. The van der Waals surface area contributed by atoms with Crippen LogP contribution >= 0.6 is 0 Å². The molecule has 0 radical (unpaired) electrons. The second-order valence-electron chi connectivity index (χ2n) is 10.3. The molecular formula is C30H31F2N5O5. The summed E-state index contributed by atoms with van der Waals surface area (Å²) in [4.78, 5) is 43.6. The number of methoxy groups -OCH3 is 1. The number of ether oxygens (including phenoxy) is 1. The maximum atomic E-state index is 14.6. The molecule has 2 aliphatic rings. The van der Waals surface area contributed by atoms with E-state index in [0.717, 1.165) is 17.7 Å². The van der Waals surface area contributed by atoms with Gasteiger partial charge in [-0.25, -0.2) is 23.6 Å². The summed E-state index contributed by atoms with van der Waals surface area (Å²) in [5.74, 6) is -1.58. The number of hydrogen-bond acceptors (Lipinski definition) is 6. The van der Waals surface area contributed by atoms with Gasteiger partial charge in [-0.1, -0.05) is 30.3 Å². The van der Waals surface area contributed by atoms with E-state index in [1.807, 2.05) is 12.1 Å². The first-order valence-electron chi connectivity index (χ1n) is 13.4. The smallest absolute Gasteiger partial charge is 0.334 e. The topological polar surface area (TPSA) is 106 Å². The van der Waals surface area contributed by atoms with Crippen molar-refractivity contribution in [2.75, 3.05) is 27.2 Å². The fourth-order valence-electron chi connectivity index (χ4n) is 5.36. The van der Waals surface area contributed by atoms with Crippen molar-refractivity contribution in [2.45, 2.75) is 31.7 Å². The van der Waals surface area contributed by atoms with Crippen LogP contribution < -0.4 is 10.1 Å². The van der Waals surface area contributed by atoms with Gasteiger partial charge in [0.05, 0.1) is 20.2 Å². The van der Waals surface area contributed by atoms with Crippen molar-refractivity contribution in [3.05, 3.63) is 95.1 Å². The SMILES string of the molecule is COc1ccc(CNC(=O)N2C3CN(Cc4ccc(F)cc4F)C(=O)C(Cc4ccc(O)cc4)N3C(=O)CN2C)cc1. The van der Waals surface area contributed by atoms with Crippen molar-refractivity contribution in [1.82, 2.24) is 25.1 Å². The van der Waals surface area contributed by atoms with Crippen molar-refractivity contribution >= 4 is 17.8 Å². The van der Waals surface area contributed by atoms with Crippen LogP contribution in [0.2, 0.25) is 0 Å². The van der Waals surface area contributed by atoms with Gasteiger partial charge < -0.3 is 25.0 Å². The highest BCUT2D eigenvalue weighted by Gasteiger charge is 2.50. The molecule has 2 heterocycles. The van der Waals surface area contributed by atoms with Gasteiger partial charge in [0.1, 0.15) is 35.3 Å². The van der Waals surface area contributed by atoms with Gasteiger partial charge in [-0.2, -0.15) is 0 Å². The molecule has 0 bridgehead atoms. The van der Waals surface area contributed by atoms with Crippen molar-refractivity contribution < 1.29 is 33.0 Å². The molecule has 4 amide bonds. The van der Waals surface area contributed by atoms with Crippen LogP contribution in [0.1, 0.15) is 16.7 Å². The zero-order chi connectivity index (χ0) is 30.0. The summed E-state index contributed by atoms with van der Waals surface area (Å²) in [5.41, 5.74) is 1.61. The number of amides is 4. The molecule has 3 aromatic rings. The largest absolute Gasteiger partial charge is 0.508 e. The van der Waals surface area contributed by atoms with Crippen molar-refractivity contribution in [1.29, 1.82) is 0 Å². The molecule has 0 aliphatic carbocycles. The van der Waals surface area contributed by atoms with Crippen LogP contribution in [-0.2, 0) is 29.1 Å². The number of carbonyl (C=O) groups excluding carboxylic acids is 3. The summed E-state index contributed by atoms with van der Waals surface area (Å²) in [5, 5.41) is 15.5. The number of carbonyl (C=O) groups is 3. The molecule has 0 aromatic heterocycles. The lowest BCUT2D eigenvalue weighted by molar-refractivity contribution is -0.187. The summed E-state index contributed by atoms with van der Waals surface area (Å²) in [6, 6.07) is 15.1. The number of nitrogens with zero attached hydrogens (tertiary/aromatic N) is 4. The molecule has 0 spiro atoms. The lowest BCUT2D eigenvalue weighted by Crippen LogP contribution is -2.76. The molecule has 0 saturated carbocycles. The minimum Gasteiger partial charge on any atom is -0.508 e. The first-order valence-corrected chi connectivity index (χ1v) is 13.4. The summed E-state index contributed by atoms with van der Waals surface area (Å²) in [6.45, 7) is -0.207. The average Bonchev–Trinajstić information content (AvgIpc) is 2.96. The molecule has 220 valence electrons. The molecule has 2 saturated heterocycles. The highest BCUT2D eigenvalue weighted by atomic mass is 19.1. The summed E-state index contributed by atoms with van der Waals surface area (Å²) < 4.78 is 33.4. The lowest BCUT2D eigenvalue weighted by Gasteiger charge is -2.54. The summed E-state index contributed by atoms with van der Waals surface area (Å²) in [6.07, 6.45) is -0.787. The van der Waals surface area contributed by atoms with Crippen LogP contribution in [0.25, 0.3) is 0 Å². The normalized spacial score (nSPS) is 19.1. The second-order valence-corrected chi connectivity index (χ2v) is 10.3. The number of fused-ring (bicyclic) bond motifs is 1. The Morgan fingerprint density at radius 2 is 1.71 bits per heavy atom. The average molecular weight is 580 g/mol. The quantitative estimate of drug-likeness (QED) is 0.446. The molecule has 2 fully saturated rings. The van der Waals surface area contributed by atoms with Gasteiger partial charge in [0.25, 0.3) is 0 Å². The number of nitrogens with one attached hydrogen (secondary N) is 1. The standard InChI is InChI=1S/C30H31F2N5O5/c1-34-18-28(39)36-26(13-19-3-9-23(38)10-4-19)29(40)35(16-21-7-8-22(31)14-25(21)32)17-27(36)37(34)30(41)33-15-20-5-11-24(42-2)12-6-20/h3-12,14,26-27,38H,13,15-18H2,1-2H3,(H,33,41). The third kappa shape index (κ3) is 5.98. The molecule has 2 aliphatic heterocycles. The number of rotatable bonds is 7. The summed E-state index contributed by atoms with van der Waals surface area (Å²) >= 11 is 0. The predicted molar refractivity (Wildman–Crippen MR) is 148 cm³/mol. The van der Waals surface area contributed by atoms with E-state index >= 15 is 0 Å². The Labute approximate surface area is 241 Å². The van der Waals surface area contributed by atoms with Gasteiger partial charge in [-0.15, -0.1) is 0 Å². The third-order valence-electron chi connectivity index (χ3n) is 7.49. The van der Waals surface area contributed by atoms with E-state index in [2.05, 4.69) is 5.32 Å². The highest BCUT2D eigenvalue weighted by molar-refractivity contribution is 5.91. The predicted octanol–water partition coefficient (Wildman–Crippen LogP) is 2.86. The van der Waals surface area contributed by atoms with Crippen LogP contribution in [0.3, 0.4) is 0 Å². The number of aromatic hydroxyl groups is 1. The van der Waals surface area contributed by atoms with Crippen molar-refractivity contribution in [3.63, 3.8) is 0 Å². The fourth-order valence-corrected chi connectivity index (χ4v) is 5.36. The van der Waals surface area contributed by atoms with Crippen LogP contribution in [0.4, 0.5) is 13.6 Å². The summed E-state index contributed by atoms with van der Waals surface area (Å²) in [7, 11) is 3.17. The Morgan fingerprint density at radius 1 is 1.02 bits per heavy atom. The number of likely N-dealkylation sites (N-methyl/N-ethyl adjacent to an activating group) is 1. The van der Waals surface area contributed by atoms with E-state index in [1.165, 1.54) is 38.0 Å². The molecule has 2 atom stereocenters. The number of halogens is 2. The first kappa shape index (κ1) is 28.8. The third-order valence-corrected chi connectivity index (χ3v) is 7.49. The molecule has 3 aromatic carbocycles.